The highest BCUT2D eigenvalue weighted by Crippen LogP contribution is 2.18. The largest absolute Gasteiger partial charge is 0.508 e. The minimum absolute atomic E-state index is 0.0370. The Morgan fingerprint density at radius 1 is 1.22 bits per heavy atom. The fraction of sp³-hybridized carbons (Fsp3) is 0.571. The van der Waals surface area contributed by atoms with E-state index in [1.54, 1.807) is 12.1 Å². The Hall–Kier alpha value is -1.10. The van der Waals surface area contributed by atoms with Gasteiger partial charge in [0, 0.05) is 25.6 Å². The Balaban J connectivity index is 1.79. The van der Waals surface area contributed by atoms with Gasteiger partial charge in [-0.2, -0.15) is 0 Å². The molecule has 0 radical (unpaired) electrons. The van der Waals surface area contributed by atoms with Crippen LogP contribution in [-0.4, -0.2) is 52.6 Å². The van der Waals surface area contributed by atoms with Crippen molar-refractivity contribution in [1.82, 2.24) is 4.90 Å². The molecule has 1 aliphatic heterocycles. The number of hydrogen-bond donors (Lipinski definition) is 3. The van der Waals surface area contributed by atoms with E-state index in [-0.39, 0.29) is 18.3 Å². The van der Waals surface area contributed by atoms with Gasteiger partial charge in [0.15, 0.2) is 0 Å². The van der Waals surface area contributed by atoms with Crippen LogP contribution in [0.5, 0.6) is 5.75 Å². The number of rotatable bonds is 4. The third-order valence-corrected chi connectivity index (χ3v) is 3.69. The van der Waals surface area contributed by atoms with Gasteiger partial charge in [0.05, 0.1) is 6.10 Å². The molecule has 4 heteroatoms. The number of benzene rings is 1. The fourth-order valence-electron chi connectivity index (χ4n) is 2.41. The summed E-state index contributed by atoms with van der Waals surface area (Å²) in [6.07, 6.45) is 1.35. The van der Waals surface area contributed by atoms with Gasteiger partial charge in [0.25, 0.3) is 0 Å². The Morgan fingerprint density at radius 2 is 1.94 bits per heavy atom. The molecule has 1 heterocycles. The molecule has 3 N–H and O–H groups in total. The van der Waals surface area contributed by atoms with E-state index in [1.165, 1.54) is 5.56 Å². The molecule has 100 valence electrons. The zero-order valence-corrected chi connectivity index (χ0v) is 10.5. The lowest BCUT2D eigenvalue weighted by atomic mass is 9.94. The summed E-state index contributed by atoms with van der Waals surface area (Å²) in [4.78, 5) is 2.23. The maximum atomic E-state index is 9.84. The van der Waals surface area contributed by atoms with Gasteiger partial charge in [0.1, 0.15) is 5.75 Å². The van der Waals surface area contributed by atoms with Crippen LogP contribution in [0.4, 0.5) is 0 Å². The first-order valence-electron chi connectivity index (χ1n) is 6.48. The van der Waals surface area contributed by atoms with Gasteiger partial charge >= 0.3 is 0 Å². The number of phenolic OH excluding ortho intramolecular Hbond substituents is 1. The molecule has 1 fully saturated rings. The number of nitrogens with zero attached hydrogens (tertiary/aromatic N) is 1. The smallest absolute Gasteiger partial charge is 0.115 e. The van der Waals surface area contributed by atoms with Crippen LogP contribution in [0.15, 0.2) is 24.3 Å². The Labute approximate surface area is 107 Å². The summed E-state index contributed by atoms with van der Waals surface area (Å²) < 4.78 is 0. The molecule has 4 nitrogen and oxygen atoms in total. The first kappa shape index (κ1) is 13.3. The lowest BCUT2D eigenvalue weighted by molar-refractivity contribution is -0.00138. The summed E-state index contributed by atoms with van der Waals surface area (Å²) in [6.45, 7) is 2.55. The maximum absolute atomic E-state index is 9.84. The van der Waals surface area contributed by atoms with Crippen molar-refractivity contribution in [1.29, 1.82) is 0 Å². The molecule has 1 aromatic rings. The summed E-state index contributed by atoms with van der Waals surface area (Å²) in [6, 6.07) is 7.24. The minimum atomic E-state index is -0.413. The molecular weight excluding hydrogens is 230 g/mol. The molecule has 1 saturated heterocycles. The topological polar surface area (TPSA) is 63.9 Å². The summed E-state index contributed by atoms with van der Waals surface area (Å²) in [7, 11) is 0. The molecule has 0 unspecified atom stereocenters. The zero-order valence-electron chi connectivity index (χ0n) is 10.5. The van der Waals surface area contributed by atoms with Gasteiger partial charge in [-0.1, -0.05) is 12.1 Å². The summed E-state index contributed by atoms with van der Waals surface area (Å²) in [5.41, 5.74) is 1.19. The van der Waals surface area contributed by atoms with Crippen LogP contribution in [0, 0.1) is 5.92 Å². The molecule has 0 amide bonds. The van der Waals surface area contributed by atoms with Gasteiger partial charge in [-0.25, -0.2) is 0 Å². The highest BCUT2D eigenvalue weighted by molar-refractivity contribution is 5.26. The molecule has 18 heavy (non-hydrogen) atoms. The average Bonchev–Trinajstić information content (AvgIpc) is 2.38. The van der Waals surface area contributed by atoms with Crippen LogP contribution in [0.1, 0.15) is 12.0 Å². The fourth-order valence-corrected chi connectivity index (χ4v) is 2.41. The summed E-state index contributed by atoms with van der Waals surface area (Å²) in [5, 5.41) is 28.1. The number of aliphatic hydroxyl groups is 2. The predicted molar refractivity (Wildman–Crippen MR) is 69.5 cm³/mol. The van der Waals surface area contributed by atoms with Crippen molar-refractivity contribution in [3.8, 4) is 5.75 Å². The molecule has 1 aliphatic rings. The Bertz CT molecular complexity index is 366. The third-order valence-electron chi connectivity index (χ3n) is 3.69. The summed E-state index contributed by atoms with van der Waals surface area (Å²) in [5.74, 6) is 0.327. The van der Waals surface area contributed by atoms with Gasteiger partial charge in [-0.15, -0.1) is 0 Å². The van der Waals surface area contributed by atoms with E-state index < -0.39 is 6.10 Å². The van der Waals surface area contributed by atoms with Gasteiger partial charge < -0.3 is 20.2 Å². The molecule has 0 saturated carbocycles. The number of phenols is 1. The van der Waals surface area contributed by atoms with E-state index in [0.29, 0.717) is 6.54 Å². The first-order chi connectivity index (χ1) is 8.69. The van der Waals surface area contributed by atoms with E-state index >= 15 is 0 Å². The Kier molecular flexibility index (Phi) is 4.58. The van der Waals surface area contributed by atoms with Crippen molar-refractivity contribution in [3.63, 3.8) is 0 Å². The van der Waals surface area contributed by atoms with Crippen LogP contribution in [0.2, 0.25) is 0 Å². The maximum Gasteiger partial charge on any atom is 0.115 e. The number of β-amino-alcohol motifs (C(OH)–C–C–N with tert-alkyl or cyclic N) is 1. The highest BCUT2D eigenvalue weighted by atomic mass is 16.3. The van der Waals surface area contributed by atoms with Crippen molar-refractivity contribution in [2.45, 2.75) is 18.9 Å². The second-order valence-corrected chi connectivity index (χ2v) is 5.02. The monoisotopic (exact) mass is 251 g/mol. The van der Waals surface area contributed by atoms with Crippen molar-refractivity contribution in [2.24, 2.45) is 5.92 Å². The molecular formula is C14H21NO3. The number of aliphatic hydroxyl groups excluding tert-OH is 2. The lowest BCUT2D eigenvalue weighted by Gasteiger charge is -2.35. The third kappa shape index (κ3) is 3.45. The molecule has 0 spiro atoms. The molecule has 0 aliphatic carbocycles. The molecule has 0 bridgehead atoms. The van der Waals surface area contributed by atoms with Crippen LogP contribution < -0.4 is 0 Å². The minimum Gasteiger partial charge on any atom is -0.508 e. The van der Waals surface area contributed by atoms with Crippen LogP contribution in [0.3, 0.4) is 0 Å². The molecule has 2 rings (SSSR count). The SMILES string of the molecule is OC[C@H]1CCN(CCc2ccc(O)cc2)C[C@@H]1O. The van der Waals surface area contributed by atoms with Gasteiger partial charge in [-0.05, 0) is 37.1 Å². The van der Waals surface area contributed by atoms with Gasteiger partial charge in [-0.3, -0.25) is 0 Å². The van der Waals surface area contributed by atoms with Crippen molar-refractivity contribution in [3.05, 3.63) is 29.8 Å². The number of likely N-dealkylation sites (tertiary alicyclic amines) is 1. The second-order valence-electron chi connectivity index (χ2n) is 5.02. The quantitative estimate of drug-likeness (QED) is 0.733. The van der Waals surface area contributed by atoms with Crippen molar-refractivity contribution >= 4 is 0 Å². The van der Waals surface area contributed by atoms with Crippen LogP contribution >= 0.6 is 0 Å². The highest BCUT2D eigenvalue weighted by Gasteiger charge is 2.26. The first-order valence-corrected chi connectivity index (χ1v) is 6.48. The van der Waals surface area contributed by atoms with Crippen LogP contribution in [-0.2, 0) is 6.42 Å². The lowest BCUT2D eigenvalue weighted by Crippen LogP contribution is -2.45. The normalized spacial score (nSPS) is 25.2. The van der Waals surface area contributed by atoms with E-state index in [0.717, 1.165) is 25.9 Å². The van der Waals surface area contributed by atoms with E-state index in [2.05, 4.69) is 4.90 Å². The van der Waals surface area contributed by atoms with Gasteiger partial charge in [0.2, 0.25) is 0 Å². The summed E-state index contributed by atoms with van der Waals surface area (Å²) >= 11 is 0. The molecule has 1 aromatic carbocycles. The van der Waals surface area contributed by atoms with E-state index in [9.17, 15) is 10.2 Å². The Morgan fingerprint density at radius 3 is 2.56 bits per heavy atom. The van der Waals surface area contributed by atoms with Crippen molar-refractivity contribution in [2.75, 3.05) is 26.2 Å². The van der Waals surface area contributed by atoms with Crippen LogP contribution in [0.25, 0.3) is 0 Å². The number of piperidine rings is 1. The number of aromatic hydroxyl groups is 1. The van der Waals surface area contributed by atoms with E-state index in [1.807, 2.05) is 12.1 Å². The van der Waals surface area contributed by atoms with E-state index in [4.69, 9.17) is 5.11 Å². The molecule has 2 atom stereocenters. The average molecular weight is 251 g/mol. The van der Waals surface area contributed by atoms with Crippen molar-refractivity contribution < 1.29 is 15.3 Å². The number of hydrogen-bond acceptors (Lipinski definition) is 4. The zero-order chi connectivity index (χ0) is 13.0. The predicted octanol–water partition coefficient (Wildman–Crippen LogP) is 0.610. The standard InChI is InChI=1S/C14H21NO3/c16-10-12-6-8-15(9-14(12)18)7-5-11-1-3-13(17)4-2-11/h1-4,12,14,16-18H,5-10H2/t12-,14+/m1/s1. The molecule has 0 aromatic heterocycles. The second kappa shape index (κ2) is 6.18.